The molecule has 0 bridgehead atoms. The Hall–Kier alpha value is -2.17. The van der Waals surface area contributed by atoms with E-state index >= 15 is 0 Å². The third-order valence-electron chi connectivity index (χ3n) is 2.18. The molecule has 0 amide bonds. The van der Waals surface area contributed by atoms with Gasteiger partial charge < -0.3 is 5.11 Å². The maximum atomic E-state index is 13.4. The maximum absolute atomic E-state index is 13.4. The molecule has 1 aromatic heterocycles. The zero-order valence-electron chi connectivity index (χ0n) is 8.51. The van der Waals surface area contributed by atoms with Crippen LogP contribution in [0.25, 0.3) is 17.0 Å². The number of carboxylic acid groups (broad SMARTS) is 1. The minimum atomic E-state index is -1.04. The molecule has 2 aromatic rings. The van der Waals surface area contributed by atoms with E-state index in [-0.39, 0.29) is 5.52 Å². The predicted octanol–water partition coefficient (Wildman–Crippen LogP) is 1.81. The molecule has 16 heavy (non-hydrogen) atoms. The molecular formula is C11H9FN2O2. The van der Waals surface area contributed by atoms with Crippen molar-refractivity contribution in [2.24, 2.45) is 7.05 Å². The number of rotatable bonds is 2. The fourth-order valence-corrected chi connectivity index (χ4v) is 1.51. The van der Waals surface area contributed by atoms with Gasteiger partial charge in [-0.3, -0.25) is 4.68 Å². The molecule has 1 aromatic carbocycles. The molecule has 82 valence electrons. The van der Waals surface area contributed by atoms with Crippen LogP contribution in [-0.2, 0) is 11.8 Å². The predicted molar refractivity (Wildman–Crippen MR) is 57.3 cm³/mol. The first-order chi connectivity index (χ1) is 7.58. The van der Waals surface area contributed by atoms with Gasteiger partial charge in [-0.25, -0.2) is 9.18 Å². The van der Waals surface area contributed by atoms with Crippen LogP contribution >= 0.6 is 0 Å². The van der Waals surface area contributed by atoms with Gasteiger partial charge in [0.15, 0.2) is 5.82 Å². The lowest BCUT2D eigenvalue weighted by Gasteiger charge is -1.95. The van der Waals surface area contributed by atoms with E-state index in [0.717, 1.165) is 6.08 Å². The summed E-state index contributed by atoms with van der Waals surface area (Å²) in [7, 11) is 1.68. The number of carbonyl (C=O) groups is 1. The highest BCUT2D eigenvalue weighted by molar-refractivity contribution is 5.92. The second-order valence-electron chi connectivity index (χ2n) is 3.37. The van der Waals surface area contributed by atoms with E-state index in [1.54, 1.807) is 13.2 Å². The third-order valence-corrected chi connectivity index (χ3v) is 2.18. The van der Waals surface area contributed by atoms with Crippen molar-refractivity contribution in [1.82, 2.24) is 9.78 Å². The summed E-state index contributed by atoms with van der Waals surface area (Å²) in [5.41, 5.74) is 0.877. The van der Waals surface area contributed by atoms with E-state index in [4.69, 9.17) is 5.11 Å². The van der Waals surface area contributed by atoms with Crippen LogP contribution in [0.3, 0.4) is 0 Å². The summed E-state index contributed by atoms with van der Waals surface area (Å²) in [5, 5.41) is 13.1. The third kappa shape index (κ3) is 1.79. The number of carboxylic acids is 1. The highest BCUT2D eigenvalue weighted by atomic mass is 19.1. The van der Waals surface area contributed by atoms with Gasteiger partial charge in [0, 0.05) is 24.7 Å². The van der Waals surface area contributed by atoms with Crippen molar-refractivity contribution in [3.05, 3.63) is 35.8 Å². The molecule has 2 rings (SSSR count). The average molecular weight is 220 g/mol. The monoisotopic (exact) mass is 220 g/mol. The molecule has 0 aliphatic rings. The number of fused-ring (bicyclic) bond motifs is 1. The molecule has 5 heteroatoms. The number of benzene rings is 1. The van der Waals surface area contributed by atoms with Crippen LogP contribution in [0.1, 0.15) is 5.56 Å². The Balaban J connectivity index is 2.62. The van der Waals surface area contributed by atoms with E-state index in [2.05, 4.69) is 5.10 Å². The molecule has 0 saturated carbocycles. The van der Waals surface area contributed by atoms with Gasteiger partial charge in [-0.15, -0.1) is 0 Å². The first-order valence-electron chi connectivity index (χ1n) is 4.61. The molecule has 0 atom stereocenters. The van der Waals surface area contributed by atoms with Gasteiger partial charge in [-0.2, -0.15) is 5.10 Å². The van der Waals surface area contributed by atoms with Gasteiger partial charge in [0.1, 0.15) is 5.52 Å². The van der Waals surface area contributed by atoms with Crippen LogP contribution in [0, 0.1) is 5.82 Å². The second kappa shape index (κ2) is 3.77. The summed E-state index contributed by atoms with van der Waals surface area (Å²) in [6.45, 7) is 0. The van der Waals surface area contributed by atoms with Crippen molar-refractivity contribution in [2.75, 3.05) is 0 Å². The SMILES string of the molecule is Cn1cc2c(C=CC(=O)O)ccc(F)c2n1. The van der Waals surface area contributed by atoms with Crippen LogP contribution in [0.4, 0.5) is 4.39 Å². The number of aromatic nitrogens is 2. The molecule has 1 N–H and O–H groups in total. The first kappa shape index (κ1) is 10.4. The van der Waals surface area contributed by atoms with Gasteiger partial charge in [0.25, 0.3) is 0 Å². The lowest BCUT2D eigenvalue weighted by molar-refractivity contribution is -0.131. The molecule has 0 fully saturated rings. The van der Waals surface area contributed by atoms with Crippen molar-refractivity contribution in [3.8, 4) is 0 Å². The van der Waals surface area contributed by atoms with Crippen LogP contribution < -0.4 is 0 Å². The first-order valence-corrected chi connectivity index (χ1v) is 4.61. The molecule has 0 radical (unpaired) electrons. The van der Waals surface area contributed by atoms with E-state index in [1.165, 1.54) is 22.9 Å². The zero-order valence-corrected chi connectivity index (χ0v) is 8.51. The van der Waals surface area contributed by atoms with Crippen molar-refractivity contribution >= 4 is 22.9 Å². The minimum absolute atomic E-state index is 0.245. The van der Waals surface area contributed by atoms with Crippen LogP contribution in [0.5, 0.6) is 0 Å². The summed E-state index contributed by atoms with van der Waals surface area (Å²) < 4.78 is 14.9. The van der Waals surface area contributed by atoms with Crippen molar-refractivity contribution < 1.29 is 14.3 Å². The largest absolute Gasteiger partial charge is 0.478 e. The highest BCUT2D eigenvalue weighted by Crippen LogP contribution is 2.21. The standard InChI is InChI=1S/C11H9FN2O2/c1-14-6-8-7(3-5-10(15)16)2-4-9(12)11(8)13-14/h2-6H,1H3,(H,15,16). The van der Waals surface area contributed by atoms with Gasteiger partial charge in [0.2, 0.25) is 0 Å². The number of aryl methyl sites for hydroxylation is 1. The molecular weight excluding hydrogens is 211 g/mol. The van der Waals surface area contributed by atoms with Gasteiger partial charge in [0.05, 0.1) is 0 Å². The number of hydrogen-bond acceptors (Lipinski definition) is 2. The van der Waals surface area contributed by atoms with E-state index < -0.39 is 11.8 Å². The van der Waals surface area contributed by atoms with Crippen LogP contribution in [0.15, 0.2) is 24.4 Å². The van der Waals surface area contributed by atoms with E-state index in [0.29, 0.717) is 10.9 Å². The normalized spacial score (nSPS) is 11.4. The van der Waals surface area contributed by atoms with Gasteiger partial charge in [-0.1, -0.05) is 6.07 Å². The summed E-state index contributed by atoms with van der Waals surface area (Å²) in [6, 6.07) is 2.80. The lowest BCUT2D eigenvalue weighted by atomic mass is 10.1. The summed E-state index contributed by atoms with van der Waals surface area (Å²) in [5.74, 6) is -1.45. The van der Waals surface area contributed by atoms with Gasteiger partial charge >= 0.3 is 5.97 Å². The quantitative estimate of drug-likeness (QED) is 0.785. The molecule has 4 nitrogen and oxygen atoms in total. The van der Waals surface area contributed by atoms with Crippen LogP contribution in [0.2, 0.25) is 0 Å². The highest BCUT2D eigenvalue weighted by Gasteiger charge is 2.07. The number of hydrogen-bond donors (Lipinski definition) is 1. The zero-order chi connectivity index (χ0) is 11.7. The Kier molecular flexibility index (Phi) is 2.44. The number of halogens is 1. The van der Waals surface area contributed by atoms with E-state index in [9.17, 15) is 9.18 Å². The molecule has 0 aliphatic heterocycles. The smallest absolute Gasteiger partial charge is 0.328 e. The van der Waals surface area contributed by atoms with Crippen LogP contribution in [-0.4, -0.2) is 20.9 Å². The summed E-state index contributed by atoms with van der Waals surface area (Å²) >= 11 is 0. The lowest BCUT2D eigenvalue weighted by Crippen LogP contribution is -1.87. The fourth-order valence-electron chi connectivity index (χ4n) is 1.51. The summed E-state index contributed by atoms with van der Waals surface area (Å²) in [6.07, 6.45) is 4.09. The van der Waals surface area contributed by atoms with Crippen molar-refractivity contribution in [1.29, 1.82) is 0 Å². The minimum Gasteiger partial charge on any atom is -0.478 e. The second-order valence-corrected chi connectivity index (χ2v) is 3.37. The summed E-state index contributed by atoms with van der Waals surface area (Å²) in [4.78, 5) is 10.4. The molecule has 0 spiro atoms. The fraction of sp³-hybridized carbons (Fsp3) is 0.0909. The Bertz CT molecular complexity index is 587. The van der Waals surface area contributed by atoms with E-state index in [1.807, 2.05) is 0 Å². The Morgan fingerprint density at radius 1 is 1.56 bits per heavy atom. The number of nitrogens with zero attached hydrogens (tertiary/aromatic N) is 2. The number of aliphatic carboxylic acids is 1. The van der Waals surface area contributed by atoms with Crippen molar-refractivity contribution in [2.45, 2.75) is 0 Å². The van der Waals surface area contributed by atoms with Gasteiger partial charge in [-0.05, 0) is 17.7 Å². The molecule has 0 unspecified atom stereocenters. The Morgan fingerprint density at radius 2 is 2.31 bits per heavy atom. The Morgan fingerprint density at radius 3 is 3.00 bits per heavy atom. The maximum Gasteiger partial charge on any atom is 0.328 e. The molecule has 0 saturated heterocycles. The Labute approximate surface area is 90.6 Å². The molecule has 1 heterocycles. The topological polar surface area (TPSA) is 55.1 Å². The average Bonchev–Trinajstić information content (AvgIpc) is 2.59. The van der Waals surface area contributed by atoms with Crippen molar-refractivity contribution in [3.63, 3.8) is 0 Å². The molecule has 0 aliphatic carbocycles.